The smallest absolute Gasteiger partial charge is 0.266 e. The summed E-state index contributed by atoms with van der Waals surface area (Å²) in [7, 11) is -3.78. The number of sulfonamides is 1. The van der Waals surface area contributed by atoms with Crippen molar-refractivity contribution in [1.29, 1.82) is 0 Å². The van der Waals surface area contributed by atoms with Gasteiger partial charge < -0.3 is 5.32 Å². The van der Waals surface area contributed by atoms with Crippen molar-refractivity contribution in [3.63, 3.8) is 0 Å². The molecular formula is C20H22N2O3S. The molecule has 2 heterocycles. The summed E-state index contributed by atoms with van der Waals surface area (Å²) >= 11 is 0. The molecule has 6 heteroatoms. The zero-order chi connectivity index (χ0) is 18.2. The van der Waals surface area contributed by atoms with Crippen LogP contribution < -0.4 is 5.32 Å². The molecule has 1 fully saturated rings. The molecule has 26 heavy (non-hydrogen) atoms. The highest BCUT2D eigenvalue weighted by Crippen LogP contribution is 2.37. The fourth-order valence-electron chi connectivity index (χ4n) is 4.03. The van der Waals surface area contributed by atoms with Gasteiger partial charge in [-0.15, -0.1) is 0 Å². The monoisotopic (exact) mass is 370 g/mol. The van der Waals surface area contributed by atoms with Crippen molar-refractivity contribution in [1.82, 2.24) is 4.31 Å². The molecule has 0 saturated carbocycles. The van der Waals surface area contributed by atoms with Crippen molar-refractivity contribution >= 4 is 21.6 Å². The second-order valence-electron chi connectivity index (χ2n) is 7.13. The molecule has 2 aliphatic heterocycles. The second kappa shape index (κ2) is 6.43. The number of carbonyl (C=O) groups is 1. The number of hydrogen-bond acceptors (Lipinski definition) is 4. The lowest BCUT2D eigenvalue weighted by molar-refractivity contribution is -0.129. The number of benzene rings is 2. The number of nitrogens with one attached hydrogen (secondary N) is 1. The maximum Gasteiger partial charge on any atom is 0.266 e. The summed E-state index contributed by atoms with van der Waals surface area (Å²) in [6.45, 7) is 0.214. The first kappa shape index (κ1) is 17.1. The Bertz CT molecular complexity index is 927. The number of amides is 1. The van der Waals surface area contributed by atoms with Crippen LogP contribution in [0.2, 0.25) is 0 Å². The SMILES string of the molecule is O=C1CC2(CCCc3ccccc3N2)CCN1S(=O)(=O)c1ccccc1. The number of fused-ring (bicyclic) bond motifs is 1. The van der Waals surface area contributed by atoms with Gasteiger partial charge in [-0.25, -0.2) is 12.7 Å². The molecule has 1 N–H and O–H groups in total. The molecule has 2 aliphatic rings. The van der Waals surface area contributed by atoms with Crippen LogP contribution in [0.4, 0.5) is 5.69 Å². The summed E-state index contributed by atoms with van der Waals surface area (Å²) in [5.74, 6) is -0.327. The van der Waals surface area contributed by atoms with Crippen LogP contribution in [0, 0.1) is 0 Å². The Morgan fingerprint density at radius 2 is 1.69 bits per heavy atom. The molecule has 1 amide bonds. The van der Waals surface area contributed by atoms with Gasteiger partial charge in [-0.05, 0) is 49.4 Å². The van der Waals surface area contributed by atoms with Crippen molar-refractivity contribution in [3.8, 4) is 0 Å². The predicted octanol–water partition coefficient (Wildman–Crippen LogP) is 3.18. The van der Waals surface area contributed by atoms with Crippen LogP contribution in [0.15, 0.2) is 59.5 Å². The van der Waals surface area contributed by atoms with Gasteiger partial charge in [-0.1, -0.05) is 36.4 Å². The van der Waals surface area contributed by atoms with Crippen LogP contribution >= 0.6 is 0 Å². The van der Waals surface area contributed by atoms with Crippen LogP contribution in [0.1, 0.15) is 31.2 Å². The molecule has 136 valence electrons. The second-order valence-corrected chi connectivity index (χ2v) is 8.99. The minimum absolute atomic E-state index is 0.170. The van der Waals surface area contributed by atoms with Crippen molar-refractivity contribution in [2.24, 2.45) is 0 Å². The Labute approximate surface area is 154 Å². The molecule has 0 aliphatic carbocycles. The van der Waals surface area contributed by atoms with E-state index in [0.717, 1.165) is 29.3 Å². The van der Waals surface area contributed by atoms with Crippen molar-refractivity contribution < 1.29 is 13.2 Å². The van der Waals surface area contributed by atoms with Gasteiger partial charge in [0, 0.05) is 17.8 Å². The number of rotatable bonds is 2. The Hall–Kier alpha value is -2.34. The summed E-state index contributed by atoms with van der Waals surface area (Å²) in [4.78, 5) is 13.0. The number of aryl methyl sites for hydroxylation is 1. The maximum absolute atomic E-state index is 12.8. The minimum atomic E-state index is -3.78. The van der Waals surface area contributed by atoms with Crippen LogP contribution in [-0.2, 0) is 21.2 Å². The number of para-hydroxylation sites is 1. The van der Waals surface area contributed by atoms with Gasteiger partial charge in [0.25, 0.3) is 10.0 Å². The normalized spacial score (nSPS) is 23.2. The van der Waals surface area contributed by atoms with E-state index in [1.54, 1.807) is 18.2 Å². The topological polar surface area (TPSA) is 66.5 Å². The predicted molar refractivity (Wildman–Crippen MR) is 100 cm³/mol. The Morgan fingerprint density at radius 1 is 0.962 bits per heavy atom. The molecule has 0 radical (unpaired) electrons. The van der Waals surface area contributed by atoms with Gasteiger partial charge in [-0.3, -0.25) is 4.79 Å². The summed E-state index contributed by atoms with van der Waals surface area (Å²) < 4.78 is 26.7. The minimum Gasteiger partial charge on any atom is -0.379 e. The molecule has 1 unspecified atom stereocenters. The van der Waals surface area contributed by atoms with E-state index in [2.05, 4.69) is 11.4 Å². The molecule has 2 aromatic rings. The zero-order valence-electron chi connectivity index (χ0n) is 14.5. The molecule has 0 aromatic heterocycles. The lowest BCUT2D eigenvalue weighted by atomic mass is 9.83. The summed E-state index contributed by atoms with van der Waals surface area (Å²) in [6, 6.07) is 16.3. The quantitative estimate of drug-likeness (QED) is 0.882. The molecule has 5 nitrogen and oxygen atoms in total. The molecule has 2 aromatic carbocycles. The van der Waals surface area contributed by atoms with E-state index in [1.807, 2.05) is 18.2 Å². The van der Waals surface area contributed by atoms with E-state index < -0.39 is 10.0 Å². The zero-order valence-corrected chi connectivity index (χ0v) is 15.3. The third-order valence-electron chi connectivity index (χ3n) is 5.41. The number of nitrogens with zero attached hydrogens (tertiary/aromatic N) is 1. The van der Waals surface area contributed by atoms with E-state index in [9.17, 15) is 13.2 Å². The lowest BCUT2D eigenvalue weighted by Gasteiger charge is -2.41. The highest BCUT2D eigenvalue weighted by molar-refractivity contribution is 7.89. The standard InChI is InChI=1S/C20H22N2O3S/c23-19-15-20(12-6-8-16-7-4-5-11-18(16)21-20)13-14-22(19)26(24,25)17-9-2-1-3-10-17/h1-5,7,9-11,21H,6,8,12-15H2. The highest BCUT2D eigenvalue weighted by Gasteiger charge is 2.43. The largest absolute Gasteiger partial charge is 0.379 e. The van der Waals surface area contributed by atoms with Crippen LogP contribution in [-0.4, -0.2) is 30.7 Å². The molecule has 0 bridgehead atoms. The number of anilines is 1. The average Bonchev–Trinajstić information content (AvgIpc) is 2.81. The molecule has 1 saturated heterocycles. The number of hydrogen-bond donors (Lipinski definition) is 1. The molecule has 1 spiro atoms. The summed E-state index contributed by atoms with van der Waals surface area (Å²) in [6.07, 6.45) is 3.66. The van der Waals surface area contributed by atoms with Gasteiger partial charge >= 0.3 is 0 Å². The number of piperidine rings is 1. The third kappa shape index (κ3) is 2.98. The van der Waals surface area contributed by atoms with Crippen LogP contribution in [0.3, 0.4) is 0 Å². The fourth-order valence-corrected chi connectivity index (χ4v) is 5.45. The van der Waals surface area contributed by atoms with E-state index in [-0.39, 0.29) is 29.3 Å². The van der Waals surface area contributed by atoms with E-state index in [1.165, 1.54) is 17.7 Å². The van der Waals surface area contributed by atoms with E-state index in [0.29, 0.717) is 6.42 Å². The molecule has 1 atom stereocenters. The summed E-state index contributed by atoms with van der Waals surface area (Å²) in [5.41, 5.74) is 1.97. The van der Waals surface area contributed by atoms with Gasteiger partial charge in [0.1, 0.15) is 0 Å². The first-order valence-electron chi connectivity index (χ1n) is 8.97. The van der Waals surface area contributed by atoms with Gasteiger partial charge in [-0.2, -0.15) is 0 Å². The third-order valence-corrected chi connectivity index (χ3v) is 7.25. The molecule has 4 rings (SSSR count). The maximum atomic E-state index is 12.8. The van der Waals surface area contributed by atoms with Crippen molar-refractivity contribution in [2.45, 2.75) is 42.5 Å². The number of carbonyl (C=O) groups excluding carboxylic acids is 1. The van der Waals surface area contributed by atoms with Crippen LogP contribution in [0.5, 0.6) is 0 Å². The first-order chi connectivity index (χ1) is 12.5. The van der Waals surface area contributed by atoms with Crippen molar-refractivity contribution in [3.05, 3.63) is 60.2 Å². The van der Waals surface area contributed by atoms with E-state index >= 15 is 0 Å². The van der Waals surface area contributed by atoms with E-state index in [4.69, 9.17) is 0 Å². The van der Waals surface area contributed by atoms with Gasteiger partial charge in [0.05, 0.1) is 11.3 Å². The summed E-state index contributed by atoms with van der Waals surface area (Å²) in [5, 5.41) is 3.57. The molecular weight excluding hydrogens is 348 g/mol. The van der Waals surface area contributed by atoms with Gasteiger partial charge in [0.15, 0.2) is 0 Å². The first-order valence-corrected chi connectivity index (χ1v) is 10.4. The fraction of sp³-hybridized carbons (Fsp3) is 0.350. The Balaban J connectivity index is 1.58. The average molecular weight is 370 g/mol. The van der Waals surface area contributed by atoms with Gasteiger partial charge in [0.2, 0.25) is 5.91 Å². The van der Waals surface area contributed by atoms with Crippen molar-refractivity contribution in [2.75, 3.05) is 11.9 Å². The lowest BCUT2D eigenvalue weighted by Crippen LogP contribution is -2.53. The van der Waals surface area contributed by atoms with Crippen LogP contribution in [0.25, 0.3) is 0 Å². The highest BCUT2D eigenvalue weighted by atomic mass is 32.2. The Morgan fingerprint density at radius 3 is 2.46 bits per heavy atom. The Kier molecular flexibility index (Phi) is 4.23.